The lowest BCUT2D eigenvalue weighted by molar-refractivity contribution is 0.0622. The molecule has 0 bridgehead atoms. The van der Waals surface area contributed by atoms with Gasteiger partial charge in [-0.2, -0.15) is 0 Å². The molecule has 2 aromatic rings. The summed E-state index contributed by atoms with van der Waals surface area (Å²) >= 11 is 0. The van der Waals surface area contributed by atoms with Gasteiger partial charge in [0, 0.05) is 45.8 Å². The third-order valence-electron chi connectivity index (χ3n) is 5.45. The molecule has 0 aliphatic carbocycles. The van der Waals surface area contributed by atoms with Gasteiger partial charge in [-0.3, -0.25) is 9.69 Å². The summed E-state index contributed by atoms with van der Waals surface area (Å²) in [5.74, 6) is 0.881. The van der Waals surface area contributed by atoms with Crippen molar-refractivity contribution in [2.45, 2.75) is 25.8 Å². The molecular weight excluding hydrogens is 338 g/mol. The fraction of sp³-hybridized carbons (Fsp3) is 0.476. The number of amides is 1. The molecule has 0 radical (unpaired) electrons. The van der Waals surface area contributed by atoms with E-state index in [4.69, 9.17) is 0 Å². The zero-order chi connectivity index (χ0) is 18.5. The molecule has 0 N–H and O–H groups in total. The van der Waals surface area contributed by atoms with E-state index < -0.39 is 0 Å². The maximum absolute atomic E-state index is 12.7. The minimum absolute atomic E-state index is 0.00736. The van der Waals surface area contributed by atoms with E-state index in [1.54, 1.807) is 12.4 Å². The molecule has 1 aromatic carbocycles. The smallest absolute Gasteiger partial charge is 0.274 e. The van der Waals surface area contributed by atoms with Gasteiger partial charge in [0.15, 0.2) is 0 Å². The average molecular weight is 365 g/mol. The van der Waals surface area contributed by atoms with Gasteiger partial charge in [-0.05, 0) is 24.8 Å². The van der Waals surface area contributed by atoms with Crippen molar-refractivity contribution in [3.63, 3.8) is 0 Å². The first-order valence-electron chi connectivity index (χ1n) is 9.92. The SMILES string of the molecule is O=C(c1cnc(N2CCCCC2)cn1)N1CCN(Cc2ccccc2)CC1. The number of hydrogen-bond donors (Lipinski definition) is 0. The molecule has 0 spiro atoms. The molecule has 0 saturated carbocycles. The molecule has 2 aliphatic rings. The van der Waals surface area contributed by atoms with E-state index in [1.165, 1.54) is 24.8 Å². The lowest BCUT2D eigenvalue weighted by atomic mass is 10.1. The van der Waals surface area contributed by atoms with Gasteiger partial charge in [0.25, 0.3) is 5.91 Å². The van der Waals surface area contributed by atoms with Crippen molar-refractivity contribution in [1.82, 2.24) is 19.8 Å². The van der Waals surface area contributed by atoms with Crippen LogP contribution >= 0.6 is 0 Å². The van der Waals surface area contributed by atoms with Gasteiger partial charge in [0.05, 0.1) is 12.4 Å². The fourth-order valence-electron chi connectivity index (χ4n) is 3.83. The number of aromatic nitrogens is 2. The summed E-state index contributed by atoms with van der Waals surface area (Å²) in [4.78, 5) is 28.2. The molecular formula is C21H27N5O. The van der Waals surface area contributed by atoms with Crippen LogP contribution in [0.3, 0.4) is 0 Å². The summed E-state index contributed by atoms with van der Waals surface area (Å²) in [5, 5.41) is 0. The number of carbonyl (C=O) groups excluding carboxylic acids is 1. The number of piperidine rings is 1. The Kier molecular flexibility index (Phi) is 5.63. The van der Waals surface area contributed by atoms with Crippen LogP contribution in [0.15, 0.2) is 42.7 Å². The average Bonchev–Trinajstić information content (AvgIpc) is 2.75. The molecule has 4 rings (SSSR count). The van der Waals surface area contributed by atoms with Crippen molar-refractivity contribution in [1.29, 1.82) is 0 Å². The molecule has 6 nitrogen and oxygen atoms in total. The Morgan fingerprint density at radius 2 is 1.59 bits per heavy atom. The largest absolute Gasteiger partial charge is 0.355 e. The van der Waals surface area contributed by atoms with Crippen molar-refractivity contribution >= 4 is 11.7 Å². The number of nitrogens with zero attached hydrogens (tertiary/aromatic N) is 5. The monoisotopic (exact) mass is 365 g/mol. The van der Waals surface area contributed by atoms with E-state index in [2.05, 4.69) is 44.0 Å². The number of hydrogen-bond acceptors (Lipinski definition) is 5. The highest BCUT2D eigenvalue weighted by Gasteiger charge is 2.23. The molecule has 27 heavy (non-hydrogen) atoms. The molecule has 0 atom stereocenters. The van der Waals surface area contributed by atoms with Crippen LogP contribution in [0.4, 0.5) is 5.82 Å². The molecule has 1 aromatic heterocycles. The van der Waals surface area contributed by atoms with Crippen LogP contribution in [0.1, 0.15) is 35.3 Å². The van der Waals surface area contributed by atoms with E-state index in [0.717, 1.165) is 51.6 Å². The Morgan fingerprint density at radius 3 is 2.26 bits per heavy atom. The molecule has 3 heterocycles. The van der Waals surface area contributed by atoms with Gasteiger partial charge in [0.2, 0.25) is 0 Å². The first-order valence-corrected chi connectivity index (χ1v) is 9.92. The predicted octanol–water partition coefficient (Wildman–Crippen LogP) is 2.42. The maximum atomic E-state index is 12.7. The van der Waals surface area contributed by atoms with Gasteiger partial charge in [0.1, 0.15) is 11.5 Å². The normalized spacial score (nSPS) is 18.5. The second kappa shape index (κ2) is 8.48. The van der Waals surface area contributed by atoms with Crippen molar-refractivity contribution < 1.29 is 4.79 Å². The summed E-state index contributed by atoms with van der Waals surface area (Å²) in [6, 6.07) is 10.5. The molecule has 6 heteroatoms. The van der Waals surface area contributed by atoms with Crippen LogP contribution in [0, 0.1) is 0 Å². The van der Waals surface area contributed by atoms with Crippen molar-refractivity contribution in [3.8, 4) is 0 Å². The summed E-state index contributed by atoms with van der Waals surface area (Å²) in [7, 11) is 0. The minimum atomic E-state index is -0.00736. The van der Waals surface area contributed by atoms with Crippen molar-refractivity contribution in [2.24, 2.45) is 0 Å². The van der Waals surface area contributed by atoms with Crippen LogP contribution < -0.4 is 4.90 Å². The lowest BCUT2D eigenvalue weighted by Crippen LogP contribution is -2.48. The van der Waals surface area contributed by atoms with Gasteiger partial charge < -0.3 is 9.80 Å². The van der Waals surface area contributed by atoms with Crippen molar-refractivity contribution in [3.05, 3.63) is 54.0 Å². The lowest BCUT2D eigenvalue weighted by Gasteiger charge is -2.34. The maximum Gasteiger partial charge on any atom is 0.274 e. The molecule has 2 fully saturated rings. The molecule has 2 aliphatic heterocycles. The topological polar surface area (TPSA) is 52.6 Å². The van der Waals surface area contributed by atoms with E-state index in [-0.39, 0.29) is 5.91 Å². The fourth-order valence-corrected chi connectivity index (χ4v) is 3.83. The Balaban J connectivity index is 1.31. The first kappa shape index (κ1) is 17.9. The quantitative estimate of drug-likeness (QED) is 0.833. The Bertz CT molecular complexity index is 735. The number of rotatable bonds is 4. The van der Waals surface area contributed by atoms with Crippen LogP contribution in [0.5, 0.6) is 0 Å². The highest BCUT2D eigenvalue weighted by Crippen LogP contribution is 2.17. The number of piperazine rings is 1. The molecule has 142 valence electrons. The van der Waals surface area contributed by atoms with Gasteiger partial charge in [-0.15, -0.1) is 0 Å². The highest BCUT2D eigenvalue weighted by atomic mass is 16.2. The van der Waals surface area contributed by atoms with E-state index >= 15 is 0 Å². The van der Waals surface area contributed by atoms with Crippen molar-refractivity contribution in [2.75, 3.05) is 44.2 Å². The van der Waals surface area contributed by atoms with Crippen LogP contribution in [0.2, 0.25) is 0 Å². The summed E-state index contributed by atoms with van der Waals surface area (Å²) < 4.78 is 0. The van der Waals surface area contributed by atoms with Crippen LogP contribution in [0.25, 0.3) is 0 Å². The van der Waals surface area contributed by atoms with Crippen LogP contribution in [-0.4, -0.2) is 64.9 Å². The third-order valence-corrected chi connectivity index (χ3v) is 5.45. The Labute approximate surface area is 160 Å². The summed E-state index contributed by atoms with van der Waals surface area (Å²) in [6.45, 7) is 6.26. The predicted molar refractivity (Wildman–Crippen MR) is 106 cm³/mol. The zero-order valence-electron chi connectivity index (χ0n) is 15.8. The van der Waals surface area contributed by atoms with Gasteiger partial charge in [-0.25, -0.2) is 9.97 Å². The Hall–Kier alpha value is -2.47. The molecule has 2 saturated heterocycles. The standard InChI is InChI=1S/C21H27N5O/c27-21(19-15-23-20(16-22-19)25-9-5-2-6-10-25)26-13-11-24(12-14-26)17-18-7-3-1-4-8-18/h1,3-4,7-8,15-16H,2,5-6,9-14,17H2. The van der Waals surface area contributed by atoms with E-state index in [9.17, 15) is 4.79 Å². The van der Waals surface area contributed by atoms with Gasteiger partial charge >= 0.3 is 0 Å². The molecule has 1 amide bonds. The third kappa shape index (κ3) is 4.45. The Morgan fingerprint density at radius 1 is 0.852 bits per heavy atom. The second-order valence-corrected chi connectivity index (χ2v) is 7.36. The molecule has 0 unspecified atom stereocenters. The zero-order valence-corrected chi connectivity index (χ0v) is 15.8. The summed E-state index contributed by atoms with van der Waals surface area (Å²) in [5.41, 5.74) is 1.77. The number of benzene rings is 1. The first-order chi connectivity index (χ1) is 13.3. The summed E-state index contributed by atoms with van der Waals surface area (Å²) in [6.07, 6.45) is 7.09. The van der Waals surface area contributed by atoms with Crippen LogP contribution in [-0.2, 0) is 6.54 Å². The second-order valence-electron chi connectivity index (χ2n) is 7.36. The van der Waals surface area contributed by atoms with E-state index in [0.29, 0.717) is 5.69 Å². The van der Waals surface area contributed by atoms with E-state index in [1.807, 2.05) is 11.0 Å². The minimum Gasteiger partial charge on any atom is -0.355 e. The number of anilines is 1. The number of carbonyl (C=O) groups is 1. The van der Waals surface area contributed by atoms with Gasteiger partial charge in [-0.1, -0.05) is 30.3 Å². The highest BCUT2D eigenvalue weighted by molar-refractivity contribution is 5.92.